The van der Waals surface area contributed by atoms with Crippen LogP contribution in [-0.2, 0) is 0 Å². The largest absolute Gasteiger partial charge is 0.491 e. The van der Waals surface area contributed by atoms with E-state index in [0.717, 1.165) is 18.8 Å². The van der Waals surface area contributed by atoms with Crippen molar-refractivity contribution in [2.24, 2.45) is 0 Å². The third kappa shape index (κ3) is 4.78. The van der Waals surface area contributed by atoms with Gasteiger partial charge in [0.15, 0.2) is 0 Å². The number of likely N-dealkylation sites (N-methyl/N-ethyl adjacent to an activating group) is 1. The highest BCUT2D eigenvalue weighted by atomic mass is 16.5. The van der Waals surface area contributed by atoms with Crippen LogP contribution in [0.4, 0.5) is 0 Å². The van der Waals surface area contributed by atoms with Crippen LogP contribution in [0, 0.1) is 0 Å². The fraction of sp³-hybridized carbons (Fsp3) is 0.625. The molecule has 4 heteroatoms. The van der Waals surface area contributed by atoms with E-state index >= 15 is 0 Å². The molecule has 0 bridgehead atoms. The quantitative estimate of drug-likeness (QED) is 0.854. The molecule has 20 heavy (non-hydrogen) atoms. The molecule has 0 aromatic heterocycles. The molecule has 1 heterocycles. The summed E-state index contributed by atoms with van der Waals surface area (Å²) in [5, 5.41) is 10.1. The van der Waals surface area contributed by atoms with Gasteiger partial charge in [-0.3, -0.25) is 0 Å². The Morgan fingerprint density at radius 1 is 1.30 bits per heavy atom. The minimum Gasteiger partial charge on any atom is -0.491 e. The molecule has 1 fully saturated rings. The van der Waals surface area contributed by atoms with Crippen LogP contribution in [0.3, 0.4) is 0 Å². The van der Waals surface area contributed by atoms with Gasteiger partial charge in [-0.25, -0.2) is 0 Å². The number of rotatable bonds is 6. The Bertz CT molecular complexity index is 377. The Morgan fingerprint density at radius 3 is 2.60 bits per heavy atom. The number of aliphatic hydroxyl groups excluding tert-OH is 1. The number of benzene rings is 1. The maximum atomic E-state index is 10.1. The first-order valence-corrected chi connectivity index (χ1v) is 7.40. The summed E-state index contributed by atoms with van der Waals surface area (Å²) in [4.78, 5) is 4.63. The number of aliphatic hydroxyl groups is 1. The van der Waals surface area contributed by atoms with E-state index in [2.05, 4.69) is 23.9 Å². The Balaban J connectivity index is 1.69. The van der Waals surface area contributed by atoms with E-state index < -0.39 is 6.10 Å². The normalized spacial score (nSPS) is 19.2. The molecule has 0 amide bonds. The van der Waals surface area contributed by atoms with Crippen LogP contribution in [0.25, 0.3) is 0 Å². The molecular weight excluding hydrogens is 252 g/mol. The fourth-order valence-corrected chi connectivity index (χ4v) is 2.68. The van der Waals surface area contributed by atoms with Gasteiger partial charge in [0.1, 0.15) is 18.5 Å². The van der Waals surface area contributed by atoms with Gasteiger partial charge in [-0.2, -0.15) is 0 Å². The summed E-state index contributed by atoms with van der Waals surface area (Å²) in [5.41, 5.74) is 0. The first-order chi connectivity index (χ1) is 9.65. The van der Waals surface area contributed by atoms with Crippen molar-refractivity contribution < 1.29 is 9.84 Å². The second kappa shape index (κ2) is 7.62. The molecule has 4 nitrogen and oxygen atoms in total. The van der Waals surface area contributed by atoms with Gasteiger partial charge in [-0.15, -0.1) is 0 Å². The lowest BCUT2D eigenvalue weighted by molar-refractivity contribution is 0.0498. The van der Waals surface area contributed by atoms with Gasteiger partial charge < -0.3 is 19.6 Å². The third-order valence-corrected chi connectivity index (χ3v) is 4.00. The molecule has 1 aliphatic heterocycles. The van der Waals surface area contributed by atoms with E-state index in [1.54, 1.807) is 0 Å². The SMILES string of the molecule is CN1CCC(N(C)C[C@H](O)COc2ccccc2)CC1. The van der Waals surface area contributed by atoms with Crippen LogP contribution in [-0.4, -0.2) is 67.4 Å². The van der Waals surface area contributed by atoms with E-state index in [-0.39, 0.29) is 0 Å². The number of hydrogen-bond donors (Lipinski definition) is 1. The number of hydrogen-bond acceptors (Lipinski definition) is 4. The monoisotopic (exact) mass is 278 g/mol. The van der Waals surface area contributed by atoms with Crippen molar-refractivity contribution in [3.63, 3.8) is 0 Å². The number of piperidine rings is 1. The van der Waals surface area contributed by atoms with Crippen molar-refractivity contribution in [1.29, 1.82) is 0 Å². The maximum Gasteiger partial charge on any atom is 0.119 e. The van der Waals surface area contributed by atoms with Crippen LogP contribution >= 0.6 is 0 Å². The van der Waals surface area contributed by atoms with Crippen molar-refractivity contribution in [3.05, 3.63) is 30.3 Å². The van der Waals surface area contributed by atoms with E-state index in [1.165, 1.54) is 12.8 Å². The molecule has 0 aliphatic carbocycles. The molecule has 1 N–H and O–H groups in total. The maximum absolute atomic E-state index is 10.1. The first-order valence-electron chi connectivity index (χ1n) is 7.40. The topological polar surface area (TPSA) is 35.9 Å². The van der Waals surface area contributed by atoms with Gasteiger partial charge in [0.2, 0.25) is 0 Å². The Hall–Kier alpha value is -1.10. The van der Waals surface area contributed by atoms with Crippen molar-refractivity contribution >= 4 is 0 Å². The van der Waals surface area contributed by atoms with Crippen LogP contribution in [0.1, 0.15) is 12.8 Å². The highest BCUT2D eigenvalue weighted by Crippen LogP contribution is 2.14. The third-order valence-electron chi connectivity index (χ3n) is 4.00. The fourth-order valence-electron chi connectivity index (χ4n) is 2.68. The van der Waals surface area contributed by atoms with Crippen LogP contribution in [0.2, 0.25) is 0 Å². The van der Waals surface area contributed by atoms with Crippen molar-refractivity contribution in [2.45, 2.75) is 25.0 Å². The highest BCUT2D eigenvalue weighted by molar-refractivity contribution is 5.20. The molecule has 1 saturated heterocycles. The predicted octanol–water partition coefficient (Wildman–Crippen LogP) is 1.45. The lowest BCUT2D eigenvalue weighted by Gasteiger charge is -2.35. The van der Waals surface area contributed by atoms with Crippen LogP contribution in [0.15, 0.2) is 30.3 Å². The second-order valence-electron chi connectivity index (χ2n) is 5.75. The molecule has 112 valence electrons. The predicted molar refractivity (Wildman–Crippen MR) is 81.1 cm³/mol. The van der Waals surface area contributed by atoms with Gasteiger partial charge in [-0.05, 0) is 52.2 Å². The molecule has 1 aliphatic rings. The number of nitrogens with zero attached hydrogens (tertiary/aromatic N) is 2. The minimum absolute atomic E-state index is 0.348. The second-order valence-corrected chi connectivity index (χ2v) is 5.75. The molecule has 1 atom stereocenters. The van der Waals surface area contributed by atoms with Crippen molar-refractivity contribution in [3.8, 4) is 5.75 Å². The van der Waals surface area contributed by atoms with Crippen LogP contribution in [0.5, 0.6) is 5.75 Å². The molecule has 0 spiro atoms. The molecule has 0 unspecified atom stereocenters. The van der Waals surface area contributed by atoms with E-state index in [9.17, 15) is 5.11 Å². The lowest BCUT2D eigenvalue weighted by Crippen LogP contribution is -2.45. The van der Waals surface area contributed by atoms with E-state index in [0.29, 0.717) is 19.2 Å². The number of ether oxygens (including phenoxy) is 1. The summed E-state index contributed by atoms with van der Waals surface area (Å²) < 4.78 is 5.59. The van der Waals surface area contributed by atoms with Crippen molar-refractivity contribution in [2.75, 3.05) is 40.3 Å². The zero-order valence-corrected chi connectivity index (χ0v) is 12.5. The summed E-state index contributed by atoms with van der Waals surface area (Å²) in [5.74, 6) is 0.813. The Labute approximate surface area is 122 Å². The number of likely N-dealkylation sites (tertiary alicyclic amines) is 1. The summed E-state index contributed by atoms with van der Waals surface area (Å²) in [6.07, 6.45) is 1.92. The van der Waals surface area contributed by atoms with E-state index in [4.69, 9.17) is 4.74 Å². The average molecular weight is 278 g/mol. The van der Waals surface area contributed by atoms with Gasteiger partial charge in [0.05, 0.1) is 0 Å². The average Bonchev–Trinajstić information content (AvgIpc) is 2.47. The van der Waals surface area contributed by atoms with Gasteiger partial charge in [0, 0.05) is 12.6 Å². The summed E-state index contributed by atoms with van der Waals surface area (Å²) in [6.45, 7) is 3.30. The zero-order chi connectivity index (χ0) is 14.4. The highest BCUT2D eigenvalue weighted by Gasteiger charge is 2.22. The molecular formula is C16H26N2O2. The van der Waals surface area contributed by atoms with Gasteiger partial charge in [-0.1, -0.05) is 18.2 Å². The molecule has 1 aromatic carbocycles. The molecule has 1 aromatic rings. The summed E-state index contributed by atoms with van der Waals surface area (Å²) in [7, 11) is 4.26. The van der Waals surface area contributed by atoms with Gasteiger partial charge >= 0.3 is 0 Å². The zero-order valence-electron chi connectivity index (χ0n) is 12.5. The molecule has 0 saturated carbocycles. The summed E-state index contributed by atoms with van der Waals surface area (Å²) in [6, 6.07) is 10.2. The first kappa shape index (κ1) is 15.3. The molecule has 2 rings (SSSR count). The lowest BCUT2D eigenvalue weighted by atomic mass is 10.0. The number of para-hydroxylation sites is 1. The van der Waals surface area contributed by atoms with Gasteiger partial charge in [0.25, 0.3) is 0 Å². The Kier molecular flexibility index (Phi) is 5.83. The van der Waals surface area contributed by atoms with E-state index in [1.807, 2.05) is 30.3 Å². The standard InChI is InChI=1S/C16H26N2O2/c1-17-10-8-14(9-11-17)18(2)12-15(19)13-20-16-6-4-3-5-7-16/h3-7,14-15,19H,8-13H2,1-2H3/t15-/m0/s1. The summed E-state index contributed by atoms with van der Waals surface area (Å²) >= 11 is 0. The minimum atomic E-state index is -0.445. The van der Waals surface area contributed by atoms with Crippen LogP contribution < -0.4 is 4.74 Å². The van der Waals surface area contributed by atoms with Crippen molar-refractivity contribution in [1.82, 2.24) is 9.80 Å². The molecule has 0 radical (unpaired) electrons. The Morgan fingerprint density at radius 2 is 1.95 bits per heavy atom. The smallest absolute Gasteiger partial charge is 0.119 e.